The summed E-state index contributed by atoms with van der Waals surface area (Å²) in [4.78, 5) is 0.139. The van der Waals surface area contributed by atoms with Gasteiger partial charge in [0, 0.05) is 12.6 Å². The highest BCUT2D eigenvalue weighted by Gasteiger charge is 2.39. The van der Waals surface area contributed by atoms with E-state index in [-0.39, 0.29) is 4.90 Å². The van der Waals surface area contributed by atoms with Gasteiger partial charge in [-0.05, 0) is 49.1 Å². The predicted molar refractivity (Wildman–Crippen MR) is 88.3 cm³/mol. The molecule has 128 valence electrons. The fourth-order valence-corrected chi connectivity index (χ4v) is 5.51. The van der Waals surface area contributed by atoms with Gasteiger partial charge >= 0.3 is 0 Å². The van der Waals surface area contributed by atoms with Crippen molar-refractivity contribution in [3.63, 3.8) is 0 Å². The second kappa shape index (κ2) is 6.69. The van der Waals surface area contributed by atoms with E-state index in [0.29, 0.717) is 29.9 Å². The van der Waals surface area contributed by atoms with E-state index in [1.165, 1.54) is 46.0 Å². The largest absolute Gasteiger partial charge is 0.497 e. The SMILES string of the molecule is COc1ccc(OC)c(S(=O)(=O)NC[C@H]2CC[C@@H]3CCC[C@@H]32)c1. The van der Waals surface area contributed by atoms with Gasteiger partial charge < -0.3 is 9.47 Å². The van der Waals surface area contributed by atoms with Gasteiger partial charge in [-0.2, -0.15) is 0 Å². The monoisotopic (exact) mass is 339 g/mol. The molecule has 0 bridgehead atoms. The van der Waals surface area contributed by atoms with Crippen LogP contribution >= 0.6 is 0 Å². The van der Waals surface area contributed by atoms with Crippen LogP contribution in [0.4, 0.5) is 0 Å². The number of hydrogen-bond donors (Lipinski definition) is 1. The molecule has 0 amide bonds. The summed E-state index contributed by atoms with van der Waals surface area (Å²) in [5, 5.41) is 0. The molecule has 2 fully saturated rings. The quantitative estimate of drug-likeness (QED) is 0.865. The Morgan fingerprint density at radius 3 is 2.70 bits per heavy atom. The maximum Gasteiger partial charge on any atom is 0.244 e. The summed E-state index contributed by atoms with van der Waals surface area (Å²) in [6, 6.07) is 4.82. The number of nitrogens with one attached hydrogen (secondary N) is 1. The highest BCUT2D eigenvalue weighted by atomic mass is 32.2. The van der Waals surface area contributed by atoms with E-state index in [0.717, 1.165) is 12.3 Å². The number of rotatable bonds is 6. The smallest absolute Gasteiger partial charge is 0.244 e. The Labute approximate surface area is 138 Å². The first kappa shape index (κ1) is 16.6. The van der Waals surface area contributed by atoms with Crippen LogP contribution in [-0.2, 0) is 10.0 Å². The van der Waals surface area contributed by atoms with E-state index < -0.39 is 10.0 Å². The molecular formula is C17H25NO4S. The normalized spacial score (nSPS) is 27.0. The standard InChI is InChI=1S/C17H25NO4S/c1-21-14-8-9-16(22-2)17(10-14)23(19,20)18-11-13-7-6-12-4-3-5-15(12)13/h8-10,12-13,15,18H,3-7,11H2,1-2H3/t12-,13+,15-/m0/s1. The van der Waals surface area contributed by atoms with E-state index >= 15 is 0 Å². The van der Waals surface area contributed by atoms with Crippen LogP contribution in [0.1, 0.15) is 32.1 Å². The van der Waals surface area contributed by atoms with Gasteiger partial charge in [0.1, 0.15) is 16.4 Å². The second-order valence-electron chi connectivity index (χ2n) is 6.56. The van der Waals surface area contributed by atoms with Crippen molar-refractivity contribution >= 4 is 10.0 Å². The minimum Gasteiger partial charge on any atom is -0.497 e. The third kappa shape index (κ3) is 3.33. The molecule has 0 aromatic heterocycles. The van der Waals surface area contributed by atoms with Gasteiger partial charge in [0.2, 0.25) is 10.0 Å². The van der Waals surface area contributed by atoms with Crippen molar-refractivity contribution in [3.8, 4) is 11.5 Å². The summed E-state index contributed by atoms with van der Waals surface area (Å²) in [5.41, 5.74) is 0. The lowest BCUT2D eigenvalue weighted by atomic mass is 9.92. The molecule has 0 heterocycles. The van der Waals surface area contributed by atoms with Crippen molar-refractivity contribution in [2.45, 2.75) is 37.0 Å². The zero-order valence-electron chi connectivity index (χ0n) is 13.7. The Morgan fingerprint density at radius 1 is 1.13 bits per heavy atom. The van der Waals surface area contributed by atoms with Gasteiger partial charge in [-0.1, -0.05) is 12.8 Å². The first-order chi connectivity index (χ1) is 11.0. The number of sulfonamides is 1. The zero-order valence-corrected chi connectivity index (χ0v) is 14.6. The number of methoxy groups -OCH3 is 2. The van der Waals surface area contributed by atoms with Crippen molar-refractivity contribution in [1.29, 1.82) is 0 Å². The lowest BCUT2D eigenvalue weighted by molar-refractivity contribution is 0.351. The predicted octanol–water partition coefficient (Wildman–Crippen LogP) is 2.81. The van der Waals surface area contributed by atoms with E-state index in [4.69, 9.17) is 9.47 Å². The topological polar surface area (TPSA) is 64.6 Å². The lowest BCUT2D eigenvalue weighted by Crippen LogP contribution is -2.31. The van der Waals surface area contributed by atoms with Gasteiger partial charge in [0.15, 0.2) is 0 Å². The fraction of sp³-hybridized carbons (Fsp3) is 0.647. The molecule has 2 saturated carbocycles. The number of benzene rings is 1. The number of fused-ring (bicyclic) bond motifs is 1. The van der Waals surface area contributed by atoms with Gasteiger partial charge in [-0.15, -0.1) is 0 Å². The van der Waals surface area contributed by atoms with Crippen molar-refractivity contribution in [2.75, 3.05) is 20.8 Å². The fourth-order valence-electron chi connectivity index (χ4n) is 4.23. The molecule has 0 aliphatic heterocycles. The van der Waals surface area contributed by atoms with Crippen molar-refractivity contribution < 1.29 is 17.9 Å². The van der Waals surface area contributed by atoms with Crippen molar-refractivity contribution in [2.24, 2.45) is 17.8 Å². The van der Waals surface area contributed by atoms with Crippen molar-refractivity contribution in [3.05, 3.63) is 18.2 Å². The van der Waals surface area contributed by atoms with E-state index in [2.05, 4.69) is 4.72 Å². The summed E-state index contributed by atoms with van der Waals surface area (Å²) < 4.78 is 38.5. The van der Waals surface area contributed by atoms with Crippen LogP contribution in [0.3, 0.4) is 0 Å². The summed E-state index contributed by atoms with van der Waals surface area (Å²) in [6.45, 7) is 0.518. The average Bonchev–Trinajstić information content (AvgIpc) is 3.16. The van der Waals surface area contributed by atoms with Crippen LogP contribution in [0.15, 0.2) is 23.1 Å². The first-order valence-electron chi connectivity index (χ1n) is 8.27. The van der Waals surface area contributed by atoms with Gasteiger partial charge in [0.25, 0.3) is 0 Å². The third-order valence-corrected chi connectivity index (χ3v) is 6.87. The lowest BCUT2D eigenvalue weighted by Gasteiger charge is -2.19. The zero-order chi connectivity index (χ0) is 16.4. The van der Waals surface area contributed by atoms with Crippen molar-refractivity contribution in [1.82, 2.24) is 4.72 Å². The van der Waals surface area contributed by atoms with E-state index in [1.54, 1.807) is 12.1 Å². The summed E-state index contributed by atoms with van der Waals surface area (Å²) >= 11 is 0. The Kier molecular flexibility index (Phi) is 4.82. The molecule has 6 heteroatoms. The maximum atomic E-state index is 12.7. The van der Waals surface area contributed by atoms with Crippen LogP contribution in [0.5, 0.6) is 11.5 Å². The van der Waals surface area contributed by atoms with Crippen LogP contribution < -0.4 is 14.2 Å². The summed E-state index contributed by atoms with van der Waals surface area (Å²) in [6.07, 6.45) is 6.24. The van der Waals surface area contributed by atoms with Crippen LogP contribution in [-0.4, -0.2) is 29.2 Å². The summed E-state index contributed by atoms with van der Waals surface area (Å²) in [7, 11) is -0.615. The molecule has 2 aliphatic carbocycles. The molecule has 0 spiro atoms. The van der Waals surface area contributed by atoms with Gasteiger partial charge in [0.05, 0.1) is 14.2 Å². The Hall–Kier alpha value is -1.27. The number of ether oxygens (including phenoxy) is 2. The molecular weight excluding hydrogens is 314 g/mol. The first-order valence-corrected chi connectivity index (χ1v) is 9.75. The minimum absolute atomic E-state index is 0.139. The highest BCUT2D eigenvalue weighted by Crippen LogP contribution is 2.47. The van der Waals surface area contributed by atoms with E-state index in [9.17, 15) is 8.42 Å². The molecule has 1 aromatic rings. The Balaban J connectivity index is 1.74. The molecule has 5 nitrogen and oxygen atoms in total. The minimum atomic E-state index is -3.61. The van der Waals surface area contributed by atoms with E-state index in [1.807, 2.05) is 0 Å². The molecule has 3 atom stereocenters. The third-order valence-electron chi connectivity index (χ3n) is 5.43. The molecule has 0 radical (unpaired) electrons. The Morgan fingerprint density at radius 2 is 1.96 bits per heavy atom. The highest BCUT2D eigenvalue weighted by molar-refractivity contribution is 7.89. The van der Waals surface area contributed by atoms with Crippen LogP contribution in [0.25, 0.3) is 0 Å². The molecule has 2 aliphatic rings. The van der Waals surface area contributed by atoms with Crippen LogP contribution in [0.2, 0.25) is 0 Å². The van der Waals surface area contributed by atoms with Crippen LogP contribution in [0, 0.1) is 17.8 Å². The summed E-state index contributed by atoms with van der Waals surface area (Å²) in [5.74, 6) is 2.82. The average molecular weight is 339 g/mol. The van der Waals surface area contributed by atoms with Gasteiger partial charge in [-0.3, -0.25) is 0 Å². The van der Waals surface area contributed by atoms with Gasteiger partial charge in [-0.25, -0.2) is 13.1 Å². The number of hydrogen-bond acceptors (Lipinski definition) is 4. The molecule has 1 N–H and O–H groups in total. The molecule has 0 unspecified atom stereocenters. The molecule has 3 rings (SSSR count). The second-order valence-corrected chi connectivity index (χ2v) is 8.30. The molecule has 23 heavy (non-hydrogen) atoms. The maximum absolute atomic E-state index is 12.7. The molecule has 0 saturated heterocycles. The molecule has 1 aromatic carbocycles. The Bertz CT molecular complexity index is 659.